The van der Waals surface area contributed by atoms with Crippen molar-refractivity contribution in [1.29, 1.82) is 0 Å². The fraction of sp³-hybridized carbons (Fsp3) is 0.154. The number of methoxy groups -OCH3 is 1. The summed E-state index contributed by atoms with van der Waals surface area (Å²) >= 11 is 1.48. The number of hydrogen-bond acceptors (Lipinski definition) is 4. The number of rotatable bonds is 8. The number of H-pyrrole nitrogens is 1. The maximum Gasteiger partial charge on any atom is 0.255 e. The van der Waals surface area contributed by atoms with Gasteiger partial charge >= 0.3 is 0 Å². The molecule has 2 amide bonds. The molecule has 0 fully saturated rings. The third-order valence-electron chi connectivity index (χ3n) is 5.21. The second kappa shape index (κ2) is 10.3. The second-order valence-corrected chi connectivity index (χ2v) is 8.77. The van der Waals surface area contributed by atoms with E-state index in [0.717, 1.165) is 21.5 Å². The SMILES string of the molecule is CCC(Sc1cccc(NC(=O)c2ccc(OC)cc2)c1)C(=O)Nc1ccc2cc[nH]c2c1. The smallest absolute Gasteiger partial charge is 0.255 e. The van der Waals surface area contributed by atoms with Gasteiger partial charge in [-0.2, -0.15) is 0 Å². The van der Waals surface area contributed by atoms with Gasteiger partial charge in [-0.15, -0.1) is 11.8 Å². The van der Waals surface area contributed by atoms with E-state index < -0.39 is 0 Å². The molecule has 0 bridgehead atoms. The molecular weight excluding hydrogens is 434 g/mol. The minimum absolute atomic E-state index is 0.0546. The van der Waals surface area contributed by atoms with Gasteiger partial charge in [-0.05, 0) is 72.5 Å². The number of nitrogens with one attached hydrogen (secondary N) is 3. The Labute approximate surface area is 196 Å². The lowest BCUT2D eigenvalue weighted by Gasteiger charge is -2.15. The quantitative estimate of drug-likeness (QED) is 0.285. The van der Waals surface area contributed by atoms with Gasteiger partial charge in [-0.1, -0.05) is 19.1 Å². The van der Waals surface area contributed by atoms with Crippen molar-refractivity contribution in [3.8, 4) is 5.75 Å². The minimum atomic E-state index is -0.267. The van der Waals surface area contributed by atoms with E-state index in [-0.39, 0.29) is 17.1 Å². The summed E-state index contributed by atoms with van der Waals surface area (Å²) in [6.45, 7) is 1.99. The maximum atomic E-state index is 12.9. The zero-order valence-corrected chi connectivity index (χ0v) is 19.2. The number of anilines is 2. The van der Waals surface area contributed by atoms with Gasteiger partial charge in [-0.3, -0.25) is 9.59 Å². The Kier molecular flexibility index (Phi) is 7.00. The van der Waals surface area contributed by atoms with Crippen LogP contribution in [0.2, 0.25) is 0 Å². The van der Waals surface area contributed by atoms with E-state index in [1.807, 2.05) is 61.7 Å². The molecule has 4 rings (SSSR count). The number of benzene rings is 3. The number of fused-ring (bicyclic) bond motifs is 1. The number of aromatic amines is 1. The highest BCUT2D eigenvalue weighted by molar-refractivity contribution is 8.00. The van der Waals surface area contributed by atoms with Gasteiger partial charge in [0, 0.05) is 33.5 Å². The van der Waals surface area contributed by atoms with Crippen LogP contribution in [0.4, 0.5) is 11.4 Å². The topological polar surface area (TPSA) is 83.2 Å². The zero-order chi connectivity index (χ0) is 23.2. The molecule has 1 atom stereocenters. The monoisotopic (exact) mass is 459 g/mol. The Morgan fingerprint density at radius 1 is 0.970 bits per heavy atom. The van der Waals surface area contributed by atoms with Crippen molar-refractivity contribution in [2.24, 2.45) is 0 Å². The molecule has 1 heterocycles. The van der Waals surface area contributed by atoms with Gasteiger partial charge in [0.05, 0.1) is 12.4 Å². The highest BCUT2D eigenvalue weighted by Crippen LogP contribution is 2.29. The van der Waals surface area contributed by atoms with Crippen LogP contribution in [0.3, 0.4) is 0 Å². The van der Waals surface area contributed by atoms with E-state index in [4.69, 9.17) is 4.74 Å². The van der Waals surface area contributed by atoms with Gasteiger partial charge in [0.25, 0.3) is 5.91 Å². The summed E-state index contributed by atoms with van der Waals surface area (Å²) in [5, 5.41) is 6.76. The third-order valence-corrected chi connectivity index (χ3v) is 6.57. The average molecular weight is 460 g/mol. The number of ether oxygens (including phenoxy) is 1. The Morgan fingerprint density at radius 3 is 2.52 bits per heavy atom. The van der Waals surface area contributed by atoms with Crippen LogP contribution in [0.15, 0.2) is 83.9 Å². The first-order chi connectivity index (χ1) is 16.1. The van der Waals surface area contributed by atoms with Crippen LogP contribution in [0.1, 0.15) is 23.7 Å². The summed E-state index contributed by atoms with van der Waals surface area (Å²) in [5.74, 6) is 0.437. The molecule has 0 spiro atoms. The van der Waals surface area contributed by atoms with E-state index in [1.165, 1.54) is 11.8 Å². The fourth-order valence-electron chi connectivity index (χ4n) is 3.43. The predicted molar refractivity (Wildman–Crippen MR) is 134 cm³/mol. The van der Waals surface area contributed by atoms with Crippen LogP contribution < -0.4 is 15.4 Å². The van der Waals surface area contributed by atoms with Crippen molar-refractivity contribution in [3.63, 3.8) is 0 Å². The molecule has 0 saturated heterocycles. The standard InChI is InChI=1S/C26H25N3O3S/c1-3-24(26(31)29-20-10-7-17-13-14-27-23(17)16-20)33-22-6-4-5-19(15-22)28-25(30)18-8-11-21(32-2)12-9-18/h4-16,24,27H,3H2,1-2H3,(H,28,30)(H,29,31). The minimum Gasteiger partial charge on any atom is -0.497 e. The largest absolute Gasteiger partial charge is 0.497 e. The molecule has 168 valence electrons. The molecule has 4 aromatic rings. The summed E-state index contributed by atoms with van der Waals surface area (Å²) in [6, 6.07) is 22.3. The molecule has 3 aromatic carbocycles. The Balaban J connectivity index is 1.40. The highest BCUT2D eigenvalue weighted by Gasteiger charge is 2.19. The van der Waals surface area contributed by atoms with Crippen LogP contribution in [0.5, 0.6) is 5.75 Å². The molecule has 0 aliphatic carbocycles. The van der Waals surface area contributed by atoms with E-state index >= 15 is 0 Å². The fourth-order valence-corrected chi connectivity index (χ4v) is 4.44. The number of hydrogen-bond donors (Lipinski definition) is 3. The van der Waals surface area contributed by atoms with Crippen LogP contribution in [-0.2, 0) is 4.79 Å². The third kappa shape index (κ3) is 5.56. The van der Waals surface area contributed by atoms with Crippen molar-refractivity contribution in [1.82, 2.24) is 4.98 Å². The summed E-state index contributed by atoms with van der Waals surface area (Å²) in [5.41, 5.74) is 2.95. The van der Waals surface area contributed by atoms with Crippen LogP contribution in [0, 0.1) is 0 Å². The van der Waals surface area contributed by atoms with Crippen molar-refractivity contribution in [2.45, 2.75) is 23.5 Å². The normalized spacial score (nSPS) is 11.7. The first-order valence-corrected chi connectivity index (χ1v) is 11.5. The van der Waals surface area contributed by atoms with Gasteiger partial charge in [0.1, 0.15) is 5.75 Å². The lowest BCUT2D eigenvalue weighted by atomic mass is 10.2. The molecular formula is C26H25N3O3S. The van der Waals surface area contributed by atoms with Crippen molar-refractivity contribution >= 4 is 45.9 Å². The summed E-state index contributed by atoms with van der Waals surface area (Å²) < 4.78 is 5.13. The van der Waals surface area contributed by atoms with E-state index in [2.05, 4.69) is 15.6 Å². The molecule has 0 aliphatic rings. The first-order valence-electron chi connectivity index (χ1n) is 10.7. The molecule has 0 radical (unpaired) electrons. The van der Waals surface area contributed by atoms with Gasteiger partial charge in [0.15, 0.2) is 0 Å². The Bertz CT molecular complexity index is 1270. The number of carbonyl (C=O) groups is 2. The average Bonchev–Trinajstić information content (AvgIpc) is 3.30. The number of thioether (sulfide) groups is 1. The summed E-state index contributed by atoms with van der Waals surface area (Å²) in [6.07, 6.45) is 2.55. The van der Waals surface area contributed by atoms with Crippen molar-refractivity contribution in [3.05, 3.63) is 84.6 Å². The van der Waals surface area contributed by atoms with Crippen LogP contribution in [0.25, 0.3) is 10.9 Å². The molecule has 1 aromatic heterocycles. The maximum absolute atomic E-state index is 12.9. The zero-order valence-electron chi connectivity index (χ0n) is 18.4. The van der Waals surface area contributed by atoms with Crippen LogP contribution in [-0.4, -0.2) is 29.2 Å². The number of amides is 2. The van der Waals surface area contributed by atoms with Gasteiger partial charge in [0.2, 0.25) is 5.91 Å². The Hall–Kier alpha value is -3.71. The molecule has 0 saturated carbocycles. The lowest BCUT2D eigenvalue weighted by molar-refractivity contribution is -0.115. The Morgan fingerprint density at radius 2 is 1.76 bits per heavy atom. The predicted octanol–water partition coefficient (Wildman–Crippen LogP) is 5.94. The second-order valence-electron chi connectivity index (χ2n) is 7.49. The number of aromatic nitrogens is 1. The molecule has 0 aliphatic heterocycles. The molecule has 6 nitrogen and oxygen atoms in total. The van der Waals surface area contributed by atoms with Gasteiger partial charge < -0.3 is 20.4 Å². The van der Waals surface area contributed by atoms with Crippen molar-refractivity contribution < 1.29 is 14.3 Å². The molecule has 3 N–H and O–H groups in total. The lowest BCUT2D eigenvalue weighted by Crippen LogP contribution is -2.24. The van der Waals surface area contributed by atoms with E-state index in [1.54, 1.807) is 31.4 Å². The number of carbonyl (C=O) groups excluding carboxylic acids is 2. The van der Waals surface area contributed by atoms with Gasteiger partial charge in [-0.25, -0.2) is 0 Å². The summed E-state index contributed by atoms with van der Waals surface area (Å²) in [7, 11) is 1.59. The first kappa shape index (κ1) is 22.5. The van der Waals surface area contributed by atoms with E-state index in [9.17, 15) is 9.59 Å². The van der Waals surface area contributed by atoms with Crippen molar-refractivity contribution in [2.75, 3.05) is 17.7 Å². The van der Waals surface area contributed by atoms with E-state index in [0.29, 0.717) is 23.4 Å². The summed E-state index contributed by atoms with van der Waals surface area (Å²) in [4.78, 5) is 29.5. The highest BCUT2D eigenvalue weighted by atomic mass is 32.2. The molecule has 33 heavy (non-hydrogen) atoms. The van der Waals surface area contributed by atoms with Crippen LogP contribution >= 0.6 is 11.8 Å². The molecule has 1 unspecified atom stereocenters. The molecule has 7 heteroatoms.